The zero-order chi connectivity index (χ0) is 13.9. The Morgan fingerprint density at radius 3 is 1.95 bits per heavy atom. The van der Waals surface area contributed by atoms with Crippen LogP contribution in [0, 0.1) is 5.92 Å². The molecular weight excluding hydrogens is 234 g/mol. The SMILES string of the molecule is CCCCCCCCCCCCC1CC(=O)N(C)C1. The van der Waals surface area contributed by atoms with E-state index in [1.54, 1.807) is 0 Å². The van der Waals surface area contributed by atoms with Gasteiger partial charge >= 0.3 is 0 Å². The van der Waals surface area contributed by atoms with Gasteiger partial charge in [0.2, 0.25) is 5.91 Å². The van der Waals surface area contributed by atoms with Gasteiger partial charge in [-0.05, 0) is 12.3 Å². The maximum Gasteiger partial charge on any atom is 0.222 e. The lowest BCUT2D eigenvalue weighted by Gasteiger charge is -2.09. The van der Waals surface area contributed by atoms with E-state index in [4.69, 9.17) is 0 Å². The minimum atomic E-state index is 0.345. The summed E-state index contributed by atoms with van der Waals surface area (Å²) in [6.45, 7) is 3.27. The highest BCUT2D eigenvalue weighted by Crippen LogP contribution is 2.22. The number of carbonyl (C=O) groups is 1. The van der Waals surface area contributed by atoms with Crippen LogP contribution >= 0.6 is 0 Å². The van der Waals surface area contributed by atoms with Crippen LogP contribution in [0.1, 0.15) is 84.0 Å². The molecule has 19 heavy (non-hydrogen) atoms. The van der Waals surface area contributed by atoms with Gasteiger partial charge in [-0.2, -0.15) is 0 Å². The maximum absolute atomic E-state index is 11.4. The third-order valence-electron chi connectivity index (χ3n) is 4.39. The average molecular weight is 267 g/mol. The van der Waals surface area contributed by atoms with Crippen molar-refractivity contribution < 1.29 is 4.79 Å². The topological polar surface area (TPSA) is 20.3 Å². The Bertz CT molecular complexity index is 239. The second-order valence-corrected chi connectivity index (χ2v) is 6.32. The van der Waals surface area contributed by atoms with Crippen LogP contribution in [0.5, 0.6) is 0 Å². The first-order valence-electron chi connectivity index (χ1n) is 8.48. The molecule has 112 valence electrons. The molecular formula is C17H33NO. The number of rotatable bonds is 11. The Balaban J connectivity index is 1.80. The molecule has 0 aromatic rings. The zero-order valence-electron chi connectivity index (χ0n) is 13.1. The van der Waals surface area contributed by atoms with Crippen LogP contribution in [0.2, 0.25) is 0 Å². The molecule has 1 heterocycles. The van der Waals surface area contributed by atoms with Crippen LogP contribution in [0.15, 0.2) is 0 Å². The van der Waals surface area contributed by atoms with E-state index in [-0.39, 0.29) is 0 Å². The molecule has 0 aliphatic carbocycles. The van der Waals surface area contributed by atoms with Gasteiger partial charge in [0, 0.05) is 20.0 Å². The Kier molecular flexibility index (Phi) is 8.94. The minimum absolute atomic E-state index is 0.345. The summed E-state index contributed by atoms with van der Waals surface area (Å²) >= 11 is 0. The number of nitrogens with zero attached hydrogens (tertiary/aromatic N) is 1. The van der Waals surface area contributed by atoms with Crippen LogP contribution in [0.4, 0.5) is 0 Å². The molecule has 0 radical (unpaired) electrons. The smallest absolute Gasteiger partial charge is 0.222 e. The van der Waals surface area contributed by atoms with Crippen molar-refractivity contribution in [3.63, 3.8) is 0 Å². The molecule has 0 aromatic heterocycles. The highest BCUT2D eigenvalue weighted by molar-refractivity contribution is 5.78. The summed E-state index contributed by atoms with van der Waals surface area (Å²) in [5.41, 5.74) is 0. The van der Waals surface area contributed by atoms with Crippen molar-refractivity contribution in [2.75, 3.05) is 13.6 Å². The Morgan fingerprint density at radius 2 is 1.47 bits per heavy atom. The average Bonchev–Trinajstić information content (AvgIpc) is 2.71. The molecule has 1 saturated heterocycles. The molecule has 1 amide bonds. The van der Waals surface area contributed by atoms with Crippen molar-refractivity contribution >= 4 is 5.91 Å². The standard InChI is InChI=1S/C17H33NO/c1-3-4-5-6-7-8-9-10-11-12-13-16-14-17(19)18(2)15-16/h16H,3-15H2,1-2H3. The predicted molar refractivity (Wildman–Crippen MR) is 82.2 cm³/mol. The van der Waals surface area contributed by atoms with E-state index < -0.39 is 0 Å². The summed E-state index contributed by atoms with van der Waals surface area (Å²) in [7, 11) is 1.93. The number of unbranched alkanes of at least 4 members (excludes halogenated alkanes) is 9. The third-order valence-corrected chi connectivity index (χ3v) is 4.39. The fourth-order valence-electron chi connectivity index (χ4n) is 3.07. The van der Waals surface area contributed by atoms with E-state index in [0.717, 1.165) is 13.0 Å². The van der Waals surface area contributed by atoms with E-state index in [1.165, 1.54) is 70.6 Å². The second kappa shape index (κ2) is 10.3. The van der Waals surface area contributed by atoms with Gasteiger partial charge in [-0.15, -0.1) is 0 Å². The number of hydrogen-bond acceptors (Lipinski definition) is 1. The van der Waals surface area contributed by atoms with Crippen molar-refractivity contribution in [2.24, 2.45) is 5.92 Å². The van der Waals surface area contributed by atoms with Gasteiger partial charge in [0.1, 0.15) is 0 Å². The molecule has 0 saturated carbocycles. The van der Waals surface area contributed by atoms with Crippen LogP contribution in [-0.2, 0) is 4.79 Å². The molecule has 1 unspecified atom stereocenters. The molecule has 2 heteroatoms. The third kappa shape index (κ3) is 7.59. The normalized spacial score (nSPS) is 19.4. The first-order chi connectivity index (χ1) is 9.24. The van der Waals surface area contributed by atoms with Crippen molar-refractivity contribution in [1.29, 1.82) is 0 Å². The highest BCUT2D eigenvalue weighted by atomic mass is 16.2. The lowest BCUT2D eigenvalue weighted by atomic mass is 9.99. The molecule has 2 nitrogen and oxygen atoms in total. The predicted octanol–water partition coefficient (Wildman–Crippen LogP) is 4.78. The van der Waals surface area contributed by atoms with Gasteiger partial charge in [0.05, 0.1) is 0 Å². The number of carbonyl (C=O) groups excluding carboxylic acids is 1. The molecule has 1 aliphatic heterocycles. The molecule has 1 fully saturated rings. The summed E-state index contributed by atoms with van der Waals surface area (Å²) in [5, 5.41) is 0. The van der Waals surface area contributed by atoms with E-state index in [1.807, 2.05) is 11.9 Å². The number of likely N-dealkylation sites (tertiary alicyclic amines) is 1. The molecule has 0 bridgehead atoms. The molecule has 0 N–H and O–H groups in total. The monoisotopic (exact) mass is 267 g/mol. The largest absolute Gasteiger partial charge is 0.345 e. The quantitative estimate of drug-likeness (QED) is 0.493. The van der Waals surface area contributed by atoms with Crippen LogP contribution in [-0.4, -0.2) is 24.4 Å². The number of amides is 1. The fourth-order valence-corrected chi connectivity index (χ4v) is 3.07. The summed E-state index contributed by atoms with van der Waals surface area (Å²) in [6, 6.07) is 0. The van der Waals surface area contributed by atoms with Gasteiger partial charge < -0.3 is 4.90 Å². The zero-order valence-corrected chi connectivity index (χ0v) is 13.1. The summed E-state index contributed by atoms with van der Waals surface area (Å²) in [4.78, 5) is 13.3. The van der Waals surface area contributed by atoms with Gasteiger partial charge in [0.15, 0.2) is 0 Å². The lowest BCUT2D eigenvalue weighted by Crippen LogP contribution is -2.18. The summed E-state index contributed by atoms with van der Waals surface area (Å²) < 4.78 is 0. The fraction of sp³-hybridized carbons (Fsp3) is 0.941. The van der Waals surface area contributed by atoms with Gasteiger partial charge in [-0.1, -0.05) is 71.1 Å². The van der Waals surface area contributed by atoms with E-state index in [0.29, 0.717) is 11.8 Å². The van der Waals surface area contributed by atoms with Crippen molar-refractivity contribution in [1.82, 2.24) is 4.90 Å². The first-order valence-corrected chi connectivity index (χ1v) is 8.48. The molecule has 1 atom stereocenters. The van der Waals surface area contributed by atoms with Crippen molar-refractivity contribution in [3.05, 3.63) is 0 Å². The maximum atomic E-state index is 11.4. The van der Waals surface area contributed by atoms with Crippen LogP contribution in [0.25, 0.3) is 0 Å². The number of hydrogen-bond donors (Lipinski definition) is 0. The van der Waals surface area contributed by atoms with Gasteiger partial charge in [-0.3, -0.25) is 4.79 Å². The molecule has 1 rings (SSSR count). The molecule has 0 aromatic carbocycles. The van der Waals surface area contributed by atoms with E-state index >= 15 is 0 Å². The van der Waals surface area contributed by atoms with Crippen LogP contribution < -0.4 is 0 Å². The summed E-state index contributed by atoms with van der Waals surface area (Å²) in [5.74, 6) is 0.989. The molecule has 0 spiro atoms. The lowest BCUT2D eigenvalue weighted by molar-refractivity contribution is -0.126. The second-order valence-electron chi connectivity index (χ2n) is 6.32. The Labute approximate surface area is 119 Å². The highest BCUT2D eigenvalue weighted by Gasteiger charge is 2.25. The Morgan fingerprint density at radius 1 is 0.947 bits per heavy atom. The summed E-state index contributed by atoms with van der Waals surface area (Å²) in [6.07, 6.45) is 16.0. The van der Waals surface area contributed by atoms with Crippen molar-refractivity contribution in [2.45, 2.75) is 84.0 Å². The van der Waals surface area contributed by atoms with Gasteiger partial charge in [-0.25, -0.2) is 0 Å². The minimum Gasteiger partial charge on any atom is -0.345 e. The first kappa shape index (κ1) is 16.5. The van der Waals surface area contributed by atoms with Crippen LogP contribution in [0.3, 0.4) is 0 Å². The van der Waals surface area contributed by atoms with Gasteiger partial charge in [0.25, 0.3) is 0 Å². The Hall–Kier alpha value is -0.530. The van der Waals surface area contributed by atoms with E-state index in [2.05, 4.69) is 6.92 Å². The van der Waals surface area contributed by atoms with Crippen molar-refractivity contribution in [3.8, 4) is 0 Å². The van der Waals surface area contributed by atoms with E-state index in [9.17, 15) is 4.79 Å². The molecule has 1 aliphatic rings.